The van der Waals surface area contributed by atoms with E-state index >= 15 is 0 Å². The molecule has 0 aliphatic heterocycles. The Morgan fingerprint density at radius 3 is 2.55 bits per heavy atom. The highest BCUT2D eigenvalue weighted by Gasteiger charge is 2.13. The van der Waals surface area contributed by atoms with Gasteiger partial charge in [-0.1, -0.05) is 6.07 Å². The van der Waals surface area contributed by atoms with Crippen LogP contribution in [-0.4, -0.2) is 12.9 Å². The van der Waals surface area contributed by atoms with Gasteiger partial charge in [-0.05, 0) is 51.8 Å². The van der Waals surface area contributed by atoms with E-state index in [0.717, 1.165) is 0 Å². The third-order valence-corrected chi connectivity index (χ3v) is 3.47. The molecule has 0 N–H and O–H groups in total. The summed E-state index contributed by atoms with van der Waals surface area (Å²) in [5.74, 6) is -1.04. The first-order valence-electron chi connectivity index (χ1n) is 5.82. The minimum Gasteiger partial charge on any atom is -0.494 e. The fraction of sp³-hybridized carbons (Fsp3) is 0.133. The van der Waals surface area contributed by atoms with E-state index in [0.29, 0.717) is 15.6 Å². The van der Waals surface area contributed by atoms with Crippen LogP contribution >= 0.6 is 15.9 Å². The van der Waals surface area contributed by atoms with E-state index in [1.807, 2.05) is 0 Å². The van der Waals surface area contributed by atoms with E-state index in [9.17, 15) is 13.6 Å². The number of benzene rings is 2. The molecule has 2 aromatic carbocycles. The molecule has 0 saturated heterocycles. The monoisotopic (exact) mass is 340 g/mol. The summed E-state index contributed by atoms with van der Waals surface area (Å²) in [4.78, 5) is 12.1. The molecule has 5 heteroatoms. The van der Waals surface area contributed by atoms with Crippen molar-refractivity contribution in [3.8, 4) is 5.75 Å². The predicted molar refractivity (Wildman–Crippen MR) is 75.1 cm³/mol. The first kappa shape index (κ1) is 14.7. The van der Waals surface area contributed by atoms with Crippen LogP contribution in [0.25, 0.3) is 0 Å². The highest BCUT2D eigenvalue weighted by Crippen LogP contribution is 2.22. The Morgan fingerprint density at radius 1 is 1.20 bits per heavy atom. The summed E-state index contributed by atoms with van der Waals surface area (Å²) in [6, 6.07) is 8.19. The quantitative estimate of drug-likeness (QED) is 0.781. The molecule has 0 unspecified atom stereocenters. The number of Topliss-reactive ketones (excluding diaryl/α,β-unsaturated/α-hetero) is 1. The number of methoxy groups -OCH3 is 1. The number of rotatable bonds is 4. The van der Waals surface area contributed by atoms with Crippen LogP contribution < -0.4 is 4.74 Å². The Hall–Kier alpha value is -1.75. The minimum absolute atomic E-state index is 0.0329. The third-order valence-electron chi connectivity index (χ3n) is 2.81. The smallest absolute Gasteiger partial charge is 0.168 e. The zero-order valence-corrected chi connectivity index (χ0v) is 12.2. The standard InChI is InChI=1S/C15H11BrF2O2/c1-20-15-5-2-9(6-13(15)18)7-14(19)11-4-3-10(17)8-12(11)16/h2-6,8H,7H2,1H3. The van der Waals surface area contributed by atoms with E-state index < -0.39 is 11.6 Å². The second-order valence-electron chi connectivity index (χ2n) is 4.19. The van der Waals surface area contributed by atoms with Gasteiger partial charge in [-0.15, -0.1) is 0 Å². The van der Waals surface area contributed by atoms with Crippen molar-refractivity contribution in [3.63, 3.8) is 0 Å². The summed E-state index contributed by atoms with van der Waals surface area (Å²) in [7, 11) is 1.37. The molecule has 2 nitrogen and oxygen atoms in total. The molecule has 0 saturated carbocycles. The SMILES string of the molecule is COc1ccc(CC(=O)c2ccc(F)cc2Br)cc1F. The van der Waals surface area contributed by atoms with Gasteiger partial charge < -0.3 is 4.74 Å². The number of halogens is 3. The van der Waals surface area contributed by atoms with E-state index in [-0.39, 0.29) is 18.0 Å². The van der Waals surface area contributed by atoms with Gasteiger partial charge in [0, 0.05) is 16.5 Å². The lowest BCUT2D eigenvalue weighted by atomic mass is 10.0. The lowest BCUT2D eigenvalue weighted by Crippen LogP contribution is -2.05. The van der Waals surface area contributed by atoms with Gasteiger partial charge in [-0.25, -0.2) is 8.78 Å². The zero-order chi connectivity index (χ0) is 14.7. The van der Waals surface area contributed by atoms with Crippen molar-refractivity contribution in [1.82, 2.24) is 0 Å². The van der Waals surface area contributed by atoms with Gasteiger partial charge in [0.15, 0.2) is 17.3 Å². The van der Waals surface area contributed by atoms with E-state index in [1.165, 1.54) is 37.4 Å². The highest BCUT2D eigenvalue weighted by molar-refractivity contribution is 9.10. The topological polar surface area (TPSA) is 26.3 Å². The Balaban J connectivity index is 2.21. The lowest BCUT2D eigenvalue weighted by molar-refractivity contribution is 0.0992. The van der Waals surface area contributed by atoms with Crippen molar-refractivity contribution in [3.05, 3.63) is 63.6 Å². The fourth-order valence-corrected chi connectivity index (χ4v) is 2.39. The maximum atomic E-state index is 13.5. The fourth-order valence-electron chi connectivity index (χ4n) is 1.82. The molecule has 0 aliphatic rings. The number of carbonyl (C=O) groups is 1. The Labute approximate surface area is 123 Å². The normalized spacial score (nSPS) is 10.4. The van der Waals surface area contributed by atoms with Gasteiger partial charge in [0.25, 0.3) is 0 Å². The first-order chi connectivity index (χ1) is 9.51. The minimum atomic E-state index is -0.518. The summed E-state index contributed by atoms with van der Waals surface area (Å²) < 4.78 is 31.7. The molecule has 0 aromatic heterocycles. The summed E-state index contributed by atoms with van der Waals surface area (Å²) in [6.07, 6.45) is 0.0329. The van der Waals surface area contributed by atoms with Gasteiger partial charge in [0.2, 0.25) is 0 Å². The van der Waals surface area contributed by atoms with Crippen LogP contribution in [0.5, 0.6) is 5.75 Å². The van der Waals surface area contributed by atoms with Crippen LogP contribution in [0.4, 0.5) is 8.78 Å². The molecule has 2 aromatic rings. The number of ketones is 1. The van der Waals surface area contributed by atoms with Crippen LogP contribution in [0.3, 0.4) is 0 Å². The average Bonchev–Trinajstić information content (AvgIpc) is 2.38. The van der Waals surface area contributed by atoms with Crippen molar-refractivity contribution in [2.45, 2.75) is 6.42 Å². The van der Waals surface area contributed by atoms with Crippen LogP contribution in [0, 0.1) is 11.6 Å². The van der Waals surface area contributed by atoms with Crippen molar-refractivity contribution >= 4 is 21.7 Å². The molecule has 104 valence electrons. The molecule has 0 amide bonds. The molecule has 0 aliphatic carbocycles. The number of hydrogen-bond acceptors (Lipinski definition) is 2. The second-order valence-corrected chi connectivity index (χ2v) is 5.05. The summed E-state index contributed by atoms with van der Waals surface area (Å²) in [5.41, 5.74) is 0.896. The number of ether oxygens (including phenoxy) is 1. The molecule has 0 fully saturated rings. The summed E-state index contributed by atoms with van der Waals surface area (Å²) >= 11 is 3.14. The van der Waals surface area contributed by atoms with Crippen molar-refractivity contribution in [2.75, 3.05) is 7.11 Å². The van der Waals surface area contributed by atoms with Crippen molar-refractivity contribution in [1.29, 1.82) is 0 Å². The van der Waals surface area contributed by atoms with Crippen LogP contribution in [0.15, 0.2) is 40.9 Å². The van der Waals surface area contributed by atoms with Crippen LogP contribution in [0.2, 0.25) is 0 Å². The van der Waals surface area contributed by atoms with Crippen LogP contribution in [-0.2, 0) is 6.42 Å². The lowest BCUT2D eigenvalue weighted by Gasteiger charge is -2.06. The number of hydrogen-bond donors (Lipinski definition) is 0. The largest absolute Gasteiger partial charge is 0.494 e. The molecular weight excluding hydrogens is 330 g/mol. The summed E-state index contributed by atoms with van der Waals surface area (Å²) in [6.45, 7) is 0. The van der Waals surface area contributed by atoms with E-state index in [2.05, 4.69) is 15.9 Å². The molecule has 0 atom stereocenters. The van der Waals surface area contributed by atoms with Crippen molar-refractivity contribution < 1.29 is 18.3 Å². The zero-order valence-electron chi connectivity index (χ0n) is 10.6. The Morgan fingerprint density at radius 2 is 1.95 bits per heavy atom. The van der Waals surface area contributed by atoms with Gasteiger partial charge in [-0.2, -0.15) is 0 Å². The molecule has 0 radical (unpaired) electrons. The molecule has 0 spiro atoms. The molecule has 2 rings (SSSR count). The van der Waals surface area contributed by atoms with Gasteiger partial charge in [-0.3, -0.25) is 4.79 Å². The van der Waals surface area contributed by atoms with Gasteiger partial charge in [0.05, 0.1) is 7.11 Å². The molecular formula is C15H11BrF2O2. The van der Waals surface area contributed by atoms with Crippen molar-refractivity contribution in [2.24, 2.45) is 0 Å². The Bertz CT molecular complexity index is 656. The number of carbonyl (C=O) groups excluding carboxylic acids is 1. The molecule has 0 heterocycles. The van der Waals surface area contributed by atoms with E-state index in [1.54, 1.807) is 6.07 Å². The molecule has 0 bridgehead atoms. The van der Waals surface area contributed by atoms with E-state index in [4.69, 9.17) is 4.74 Å². The Kier molecular flexibility index (Phi) is 4.49. The highest BCUT2D eigenvalue weighted by atomic mass is 79.9. The molecule has 20 heavy (non-hydrogen) atoms. The predicted octanol–water partition coefficient (Wildman–Crippen LogP) is 4.16. The van der Waals surface area contributed by atoms with Gasteiger partial charge in [0.1, 0.15) is 5.82 Å². The maximum Gasteiger partial charge on any atom is 0.168 e. The maximum absolute atomic E-state index is 13.5. The second kappa shape index (κ2) is 6.13. The van der Waals surface area contributed by atoms with Crippen LogP contribution in [0.1, 0.15) is 15.9 Å². The first-order valence-corrected chi connectivity index (χ1v) is 6.61. The average molecular weight is 341 g/mol. The third kappa shape index (κ3) is 3.22. The summed E-state index contributed by atoms with van der Waals surface area (Å²) in [5, 5.41) is 0. The van der Waals surface area contributed by atoms with Gasteiger partial charge >= 0.3 is 0 Å².